The summed E-state index contributed by atoms with van der Waals surface area (Å²) in [7, 11) is 0. The standard InChI is InChI=1S/C20H38O5/c1-3-5-9-12-17(21)15-16-19(23)18(22)13-10-7-6-8-11-14-20(24)25-4-2/h15-19,21-23H,3-14H2,1-2H3/b16-15+. The lowest BCUT2D eigenvalue weighted by atomic mass is 10.0. The molecule has 0 radical (unpaired) electrons. The quantitative estimate of drug-likeness (QED) is 0.223. The van der Waals surface area contributed by atoms with Gasteiger partial charge >= 0.3 is 5.97 Å². The van der Waals surface area contributed by atoms with E-state index < -0.39 is 18.3 Å². The van der Waals surface area contributed by atoms with Crippen molar-refractivity contribution in [2.24, 2.45) is 0 Å². The van der Waals surface area contributed by atoms with E-state index >= 15 is 0 Å². The summed E-state index contributed by atoms with van der Waals surface area (Å²) in [5, 5.41) is 29.6. The zero-order valence-corrected chi connectivity index (χ0v) is 16.0. The van der Waals surface area contributed by atoms with Crippen LogP contribution in [-0.2, 0) is 9.53 Å². The van der Waals surface area contributed by atoms with Crippen molar-refractivity contribution in [2.75, 3.05) is 6.61 Å². The molecule has 0 aromatic carbocycles. The van der Waals surface area contributed by atoms with Crippen LogP contribution >= 0.6 is 0 Å². The fourth-order valence-corrected chi connectivity index (χ4v) is 2.63. The first-order valence-electron chi connectivity index (χ1n) is 9.89. The molecule has 3 N–H and O–H groups in total. The van der Waals surface area contributed by atoms with Gasteiger partial charge in [0.1, 0.15) is 0 Å². The van der Waals surface area contributed by atoms with Crippen LogP contribution in [0.4, 0.5) is 0 Å². The fourth-order valence-electron chi connectivity index (χ4n) is 2.63. The summed E-state index contributed by atoms with van der Waals surface area (Å²) in [6, 6.07) is 0. The fraction of sp³-hybridized carbons (Fsp3) is 0.850. The van der Waals surface area contributed by atoms with Gasteiger partial charge in [0.2, 0.25) is 0 Å². The Balaban J connectivity index is 3.66. The van der Waals surface area contributed by atoms with Gasteiger partial charge in [0.25, 0.3) is 0 Å². The van der Waals surface area contributed by atoms with Gasteiger partial charge in [-0.05, 0) is 26.2 Å². The van der Waals surface area contributed by atoms with Gasteiger partial charge in [-0.25, -0.2) is 0 Å². The number of aliphatic hydroxyl groups is 3. The number of rotatable bonds is 16. The van der Waals surface area contributed by atoms with E-state index in [4.69, 9.17) is 4.74 Å². The van der Waals surface area contributed by atoms with Crippen LogP contribution in [0.15, 0.2) is 12.2 Å². The maximum absolute atomic E-state index is 11.2. The minimum Gasteiger partial charge on any atom is -0.466 e. The highest BCUT2D eigenvalue weighted by Gasteiger charge is 2.13. The molecular formula is C20H38O5. The predicted molar refractivity (Wildman–Crippen MR) is 100 cm³/mol. The van der Waals surface area contributed by atoms with Crippen LogP contribution in [0.1, 0.15) is 84.5 Å². The molecular weight excluding hydrogens is 320 g/mol. The van der Waals surface area contributed by atoms with Crippen LogP contribution in [0.3, 0.4) is 0 Å². The van der Waals surface area contributed by atoms with Crippen LogP contribution in [-0.4, -0.2) is 46.2 Å². The molecule has 0 aliphatic carbocycles. The average molecular weight is 359 g/mol. The summed E-state index contributed by atoms with van der Waals surface area (Å²) < 4.78 is 4.87. The smallest absolute Gasteiger partial charge is 0.305 e. The van der Waals surface area contributed by atoms with Gasteiger partial charge < -0.3 is 20.1 Å². The molecule has 0 aliphatic rings. The van der Waals surface area contributed by atoms with E-state index in [2.05, 4.69) is 6.92 Å². The molecule has 0 bridgehead atoms. The normalized spacial score (nSPS) is 15.2. The maximum Gasteiger partial charge on any atom is 0.305 e. The van der Waals surface area contributed by atoms with Gasteiger partial charge in [0.15, 0.2) is 0 Å². The Hall–Kier alpha value is -0.910. The third-order valence-electron chi connectivity index (χ3n) is 4.21. The Morgan fingerprint density at radius 3 is 2.20 bits per heavy atom. The summed E-state index contributed by atoms with van der Waals surface area (Å²) in [5.41, 5.74) is 0. The molecule has 5 nitrogen and oxygen atoms in total. The van der Waals surface area contributed by atoms with Crippen LogP contribution in [0.25, 0.3) is 0 Å². The number of ether oxygens (including phenoxy) is 1. The van der Waals surface area contributed by atoms with Crippen molar-refractivity contribution in [3.8, 4) is 0 Å². The second kappa shape index (κ2) is 16.6. The Bertz CT molecular complexity index is 343. The zero-order chi connectivity index (χ0) is 18.9. The summed E-state index contributed by atoms with van der Waals surface area (Å²) in [6.45, 7) is 4.35. The third-order valence-corrected chi connectivity index (χ3v) is 4.21. The van der Waals surface area contributed by atoms with Crippen molar-refractivity contribution in [2.45, 2.75) is 103 Å². The molecule has 0 rings (SSSR count). The molecule has 3 unspecified atom stereocenters. The zero-order valence-electron chi connectivity index (χ0n) is 16.0. The second-order valence-electron chi connectivity index (χ2n) is 6.62. The number of esters is 1. The van der Waals surface area contributed by atoms with E-state index in [0.717, 1.165) is 51.4 Å². The predicted octanol–water partition coefficient (Wildman–Crippen LogP) is 3.50. The number of aliphatic hydroxyl groups excluding tert-OH is 3. The highest BCUT2D eigenvalue weighted by molar-refractivity contribution is 5.69. The van der Waals surface area contributed by atoms with Crippen LogP contribution in [0.2, 0.25) is 0 Å². The van der Waals surface area contributed by atoms with Crippen molar-refractivity contribution in [3.63, 3.8) is 0 Å². The molecule has 0 heterocycles. The lowest BCUT2D eigenvalue weighted by molar-refractivity contribution is -0.143. The lowest BCUT2D eigenvalue weighted by Crippen LogP contribution is -2.24. The number of carbonyl (C=O) groups excluding carboxylic acids is 1. The Morgan fingerprint density at radius 1 is 0.880 bits per heavy atom. The molecule has 3 atom stereocenters. The molecule has 0 amide bonds. The van der Waals surface area contributed by atoms with E-state index in [1.807, 2.05) is 0 Å². The topological polar surface area (TPSA) is 87.0 Å². The second-order valence-corrected chi connectivity index (χ2v) is 6.62. The number of unbranched alkanes of at least 4 members (excludes halogenated alkanes) is 6. The maximum atomic E-state index is 11.2. The highest BCUT2D eigenvalue weighted by Crippen LogP contribution is 2.12. The number of carbonyl (C=O) groups is 1. The summed E-state index contributed by atoms with van der Waals surface area (Å²) in [4.78, 5) is 11.2. The molecule has 0 fully saturated rings. The number of hydrogen-bond acceptors (Lipinski definition) is 5. The van der Waals surface area contributed by atoms with E-state index in [1.165, 1.54) is 6.08 Å². The van der Waals surface area contributed by atoms with Crippen LogP contribution < -0.4 is 0 Å². The Kier molecular flexibility index (Phi) is 16.0. The molecule has 0 aromatic heterocycles. The SMILES string of the molecule is CCCCCC(O)/C=C/C(O)C(O)CCCCCCCC(=O)OCC. The average Bonchev–Trinajstić information content (AvgIpc) is 2.59. The Morgan fingerprint density at radius 2 is 1.52 bits per heavy atom. The number of hydrogen-bond donors (Lipinski definition) is 3. The van der Waals surface area contributed by atoms with Crippen LogP contribution in [0, 0.1) is 0 Å². The van der Waals surface area contributed by atoms with Crippen molar-refractivity contribution in [1.29, 1.82) is 0 Å². The minimum absolute atomic E-state index is 0.135. The van der Waals surface area contributed by atoms with E-state index in [1.54, 1.807) is 13.0 Å². The summed E-state index contributed by atoms with van der Waals surface area (Å²) >= 11 is 0. The van der Waals surface area contributed by atoms with E-state index in [-0.39, 0.29) is 5.97 Å². The van der Waals surface area contributed by atoms with E-state index in [0.29, 0.717) is 25.9 Å². The van der Waals surface area contributed by atoms with Crippen molar-refractivity contribution >= 4 is 5.97 Å². The van der Waals surface area contributed by atoms with E-state index in [9.17, 15) is 20.1 Å². The molecule has 25 heavy (non-hydrogen) atoms. The first-order chi connectivity index (χ1) is 12.0. The molecule has 148 valence electrons. The van der Waals surface area contributed by atoms with Crippen LogP contribution in [0.5, 0.6) is 0 Å². The van der Waals surface area contributed by atoms with Crippen molar-refractivity contribution < 1.29 is 24.9 Å². The first kappa shape index (κ1) is 24.1. The summed E-state index contributed by atoms with van der Waals surface area (Å²) in [6.07, 6.45) is 10.3. The molecule has 5 heteroatoms. The summed E-state index contributed by atoms with van der Waals surface area (Å²) in [5.74, 6) is -0.135. The molecule has 0 saturated carbocycles. The molecule has 0 spiro atoms. The lowest BCUT2D eigenvalue weighted by Gasteiger charge is -2.15. The largest absolute Gasteiger partial charge is 0.466 e. The minimum atomic E-state index is -0.926. The molecule has 0 aromatic rings. The third kappa shape index (κ3) is 15.1. The molecule has 0 saturated heterocycles. The van der Waals surface area contributed by atoms with Gasteiger partial charge in [-0.15, -0.1) is 0 Å². The highest BCUT2D eigenvalue weighted by atomic mass is 16.5. The van der Waals surface area contributed by atoms with Gasteiger partial charge in [-0.3, -0.25) is 4.79 Å². The Labute approximate surface area is 153 Å². The van der Waals surface area contributed by atoms with Crippen molar-refractivity contribution in [1.82, 2.24) is 0 Å². The molecule has 0 aliphatic heterocycles. The van der Waals surface area contributed by atoms with Gasteiger partial charge in [-0.2, -0.15) is 0 Å². The van der Waals surface area contributed by atoms with Gasteiger partial charge in [0, 0.05) is 6.42 Å². The van der Waals surface area contributed by atoms with Gasteiger partial charge in [-0.1, -0.05) is 64.0 Å². The van der Waals surface area contributed by atoms with Gasteiger partial charge in [0.05, 0.1) is 24.9 Å². The first-order valence-corrected chi connectivity index (χ1v) is 9.89. The monoisotopic (exact) mass is 358 g/mol. The van der Waals surface area contributed by atoms with Crippen molar-refractivity contribution in [3.05, 3.63) is 12.2 Å².